The SMILES string of the molecule is C=CCSc1nnc(N2CCCC2)n1-c1ccccc1Cl. The molecular weight excluding hydrogens is 304 g/mol. The van der Waals surface area contributed by atoms with Crippen LogP contribution in [0.2, 0.25) is 5.02 Å². The van der Waals surface area contributed by atoms with Crippen LogP contribution in [0.25, 0.3) is 5.69 Å². The highest BCUT2D eigenvalue weighted by Crippen LogP contribution is 2.31. The number of nitrogens with zero attached hydrogens (tertiary/aromatic N) is 4. The van der Waals surface area contributed by atoms with Gasteiger partial charge in [0.1, 0.15) is 0 Å². The van der Waals surface area contributed by atoms with Crippen molar-refractivity contribution in [1.29, 1.82) is 0 Å². The number of halogens is 1. The molecule has 1 aliphatic rings. The normalized spacial score (nSPS) is 14.6. The number of para-hydroxylation sites is 1. The standard InChI is InChI=1S/C15H17ClN4S/c1-2-11-21-15-18-17-14(19-9-5-6-10-19)20(15)13-8-4-3-7-12(13)16/h2-4,7-8H,1,5-6,9-11H2. The summed E-state index contributed by atoms with van der Waals surface area (Å²) in [7, 11) is 0. The number of rotatable bonds is 5. The van der Waals surface area contributed by atoms with Crippen molar-refractivity contribution in [3.63, 3.8) is 0 Å². The highest BCUT2D eigenvalue weighted by atomic mass is 35.5. The Morgan fingerprint density at radius 1 is 1.24 bits per heavy atom. The summed E-state index contributed by atoms with van der Waals surface area (Å²) in [6.07, 6.45) is 4.26. The molecule has 0 radical (unpaired) electrons. The van der Waals surface area contributed by atoms with Crippen LogP contribution in [-0.4, -0.2) is 33.6 Å². The molecule has 110 valence electrons. The van der Waals surface area contributed by atoms with Gasteiger partial charge in [-0.1, -0.05) is 41.6 Å². The molecule has 0 aliphatic carbocycles. The molecule has 0 N–H and O–H groups in total. The Bertz CT molecular complexity index is 634. The summed E-state index contributed by atoms with van der Waals surface area (Å²) in [6.45, 7) is 5.81. The Labute approximate surface area is 133 Å². The number of hydrogen-bond acceptors (Lipinski definition) is 4. The first-order valence-electron chi connectivity index (χ1n) is 7.00. The molecule has 21 heavy (non-hydrogen) atoms. The van der Waals surface area contributed by atoms with E-state index in [1.165, 1.54) is 12.8 Å². The van der Waals surface area contributed by atoms with E-state index >= 15 is 0 Å². The molecule has 1 aliphatic heterocycles. The van der Waals surface area contributed by atoms with E-state index in [0.717, 1.165) is 35.6 Å². The van der Waals surface area contributed by atoms with Crippen molar-refractivity contribution in [3.8, 4) is 5.69 Å². The van der Waals surface area contributed by atoms with Gasteiger partial charge in [-0.15, -0.1) is 16.8 Å². The zero-order valence-corrected chi connectivity index (χ0v) is 13.3. The predicted octanol–water partition coefficient (Wildman–Crippen LogP) is 3.80. The van der Waals surface area contributed by atoms with E-state index in [0.29, 0.717) is 5.02 Å². The Hall–Kier alpha value is -1.46. The second-order valence-electron chi connectivity index (χ2n) is 4.86. The average molecular weight is 321 g/mol. The Morgan fingerprint density at radius 2 is 2.00 bits per heavy atom. The van der Waals surface area contributed by atoms with Crippen molar-refractivity contribution in [2.45, 2.75) is 18.0 Å². The second-order valence-corrected chi connectivity index (χ2v) is 6.26. The van der Waals surface area contributed by atoms with Crippen LogP contribution in [0, 0.1) is 0 Å². The first kappa shape index (κ1) is 14.5. The molecule has 2 heterocycles. The molecule has 1 aromatic carbocycles. The molecule has 0 atom stereocenters. The maximum Gasteiger partial charge on any atom is 0.232 e. The molecular formula is C15H17ClN4S. The highest BCUT2D eigenvalue weighted by Gasteiger charge is 2.23. The zero-order chi connectivity index (χ0) is 14.7. The van der Waals surface area contributed by atoms with Crippen molar-refractivity contribution in [2.24, 2.45) is 0 Å². The summed E-state index contributed by atoms with van der Waals surface area (Å²) in [5.41, 5.74) is 0.928. The molecule has 0 unspecified atom stereocenters. The lowest BCUT2D eigenvalue weighted by Crippen LogP contribution is -2.22. The molecule has 1 fully saturated rings. The monoisotopic (exact) mass is 320 g/mol. The largest absolute Gasteiger partial charge is 0.341 e. The minimum absolute atomic E-state index is 0.707. The van der Waals surface area contributed by atoms with Crippen LogP contribution >= 0.6 is 23.4 Å². The van der Waals surface area contributed by atoms with Crippen molar-refractivity contribution in [3.05, 3.63) is 41.9 Å². The van der Waals surface area contributed by atoms with Crippen molar-refractivity contribution < 1.29 is 0 Å². The van der Waals surface area contributed by atoms with Crippen LogP contribution in [0.15, 0.2) is 42.1 Å². The second kappa shape index (κ2) is 6.54. The summed E-state index contributed by atoms with van der Waals surface area (Å²) >= 11 is 7.99. The number of anilines is 1. The van der Waals surface area contributed by atoms with Gasteiger partial charge in [0.25, 0.3) is 0 Å². The lowest BCUT2D eigenvalue weighted by atomic mass is 10.3. The van der Waals surface area contributed by atoms with Gasteiger partial charge >= 0.3 is 0 Å². The fraction of sp³-hybridized carbons (Fsp3) is 0.333. The summed E-state index contributed by atoms with van der Waals surface area (Å²) in [4.78, 5) is 2.27. The van der Waals surface area contributed by atoms with E-state index in [1.807, 2.05) is 30.3 Å². The molecule has 6 heteroatoms. The van der Waals surface area contributed by atoms with E-state index in [-0.39, 0.29) is 0 Å². The van der Waals surface area contributed by atoms with E-state index in [2.05, 4.69) is 26.2 Å². The molecule has 2 aromatic rings. The first-order chi connectivity index (χ1) is 10.3. The smallest absolute Gasteiger partial charge is 0.232 e. The first-order valence-corrected chi connectivity index (χ1v) is 8.36. The third-order valence-corrected chi connectivity index (χ3v) is 4.67. The van der Waals surface area contributed by atoms with Crippen molar-refractivity contribution >= 4 is 29.3 Å². The van der Waals surface area contributed by atoms with Crippen LogP contribution in [-0.2, 0) is 0 Å². The third kappa shape index (κ3) is 2.94. The summed E-state index contributed by atoms with van der Waals surface area (Å²) in [6, 6.07) is 7.81. The summed E-state index contributed by atoms with van der Waals surface area (Å²) < 4.78 is 2.06. The predicted molar refractivity (Wildman–Crippen MR) is 88.7 cm³/mol. The lowest BCUT2D eigenvalue weighted by molar-refractivity contribution is 0.842. The van der Waals surface area contributed by atoms with Crippen LogP contribution in [0.4, 0.5) is 5.95 Å². The van der Waals surface area contributed by atoms with Crippen LogP contribution in [0.3, 0.4) is 0 Å². The molecule has 4 nitrogen and oxygen atoms in total. The molecule has 1 saturated heterocycles. The lowest BCUT2D eigenvalue weighted by Gasteiger charge is -2.18. The van der Waals surface area contributed by atoms with Gasteiger partial charge in [0.15, 0.2) is 5.16 Å². The van der Waals surface area contributed by atoms with Crippen molar-refractivity contribution in [1.82, 2.24) is 14.8 Å². The number of aromatic nitrogens is 3. The zero-order valence-electron chi connectivity index (χ0n) is 11.7. The van der Waals surface area contributed by atoms with E-state index < -0.39 is 0 Å². The molecule has 0 saturated carbocycles. The molecule has 0 spiro atoms. The molecule has 0 amide bonds. The maximum absolute atomic E-state index is 6.38. The van der Waals surface area contributed by atoms with Crippen molar-refractivity contribution in [2.75, 3.05) is 23.7 Å². The van der Waals surface area contributed by atoms with Crippen LogP contribution in [0.5, 0.6) is 0 Å². The highest BCUT2D eigenvalue weighted by molar-refractivity contribution is 7.99. The van der Waals surface area contributed by atoms with Gasteiger partial charge in [-0.05, 0) is 25.0 Å². The van der Waals surface area contributed by atoms with Gasteiger partial charge < -0.3 is 4.90 Å². The fourth-order valence-electron chi connectivity index (χ4n) is 2.46. The molecule has 0 bridgehead atoms. The average Bonchev–Trinajstić information content (AvgIpc) is 3.14. The topological polar surface area (TPSA) is 34.0 Å². The van der Waals surface area contributed by atoms with Gasteiger partial charge in [0.05, 0.1) is 10.7 Å². The fourth-order valence-corrected chi connectivity index (χ4v) is 3.35. The summed E-state index contributed by atoms with van der Waals surface area (Å²) in [5, 5.41) is 10.3. The molecule has 3 rings (SSSR count). The summed E-state index contributed by atoms with van der Waals surface area (Å²) in [5.74, 6) is 1.68. The molecule has 1 aromatic heterocycles. The van der Waals surface area contributed by atoms with Gasteiger partial charge in [-0.2, -0.15) is 0 Å². The Kier molecular flexibility index (Phi) is 4.51. The van der Waals surface area contributed by atoms with Gasteiger partial charge in [-0.3, -0.25) is 4.57 Å². The van der Waals surface area contributed by atoms with Gasteiger partial charge in [0.2, 0.25) is 5.95 Å². The third-order valence-electron chi connectivity index (χ3n) is 3.43. The Morgan fingerprint density at radius 3 is 2.71 bits per heavy atom. The number of thioether (sulfide) groups is 1. The maximum atomic E-state index is 6.38. The van der Waals surface area contributed by atoms with Crippen LogP contribution in [0.1, 0.15) is 12.8 Å². The minimum Gasteiger partial charge on any atom is -0.341 e. The van der Waals surface area contributed by atoms with Crippen LogP contribution < -0.4 is 4.90 Å². The number of benzene rings is 1. The van der Waals surface area contributed by atoms with Gasteiger partial charge in [-0.25, -0.2) is 0 Å². The quantitative estimate of drug-likeness (QED) is 0.620. The number of hydrogen-bond donors (Lipinski definition) is 0. The Balaban J connectivity index is 2.07. The minimum atomic E-state index is 0.707. The van der Waals surface area contributed by atoms with Gasteiger partial charge in [0, 0.05) is 18.8 Å². The van der Waals surface area contributed by atoms with E-state index in [9.17, 15) is 0 Å². The van der Waals surface area contributed by atoms with E-state index in [1.54, 1.807) is 11.8 Å². The van der Waals surface area contributed by atoms with E-state index in [4.69, 9.17) is 11.6 Å².